The van der Waals surface area contributed by atoms with Crippen molar-refractivity contribution >= 4 is 28.4 Å². The first-order valence-corrected chi connectivity index (χ1v) is 10.7. The van der Waals surface area contributed by atoms with Crippen LogP contribution in [0.4, 0.5) is 11.5 Å². The van der Waals surface area contributed by atoms with Gasteiger partial charge >= 0.3 is 5.97 Å². The molecule has 7 nitrogen and oxygen atoms in total. The maximum atomic E-state index is 11.3. The van der Waals surface area contributed by atoms with Crippen LogP contribution in [0.25, 0.3) is 10.9 Å². The summed E-state index contributed by atoms with van der Waals surface area (Å²) in [6.45, 7) is 2.68. The first-order valence-electron chi connectivity index (χ1n) is 10.7. The van der Waals surface area contributed by atoms with Gasteiger partial charge in [0.15, 0.2) is 11.5 Å². The first-order chi connectivity index (χ1) is 15.6. The monoisotopic (exact) mass is 433 g/mol. The predicted molar refractivity (Wildman–Crippen MR) is 124 cm³/mol. The average molecular weight is 434 g/mol. The van der Waals surface area contributed by atoms with Gasteiger partial charge in [-0.1, -0.05) is 24.8 Å². The van der Waals surface area contributed by atoms with E-state index in [2.05, 4.69) is 21.2 Å². The van der Waals surface area contributed by atoms with Crippen LogP contribution in [-0.2, 0) is 9.53 Å². The number of ether oxygens (including phenoxy) is 2. The number of carbonyl (C=O) groups excluding carboxylic acids is 1. The van der Waals surface area contributed by atoms with Gasteiger partial charge in [0.25, 0.3) is 0 Å². The fourth-order valence-corrected chi connectivity index (χ4v) is 3.25. The number of phenols is 1. The zero-order valence-electron chi connectivity index (χ0n) is 18.1. The predicted octanol–water partition coefficient (Wildman–Crippen LogP) is 4.95. The third kappa shape index (κ3) is 6.35. The van der Waals surface area contributed by atoms with E-state index < -0.39 is 0 Å². The zero-order chi connectivity index (χ0) is 22.8. The van der Waals surface area contributed by atoms with Gasteiger partial charge in [-0.05, 0) is 44.0 Å². The number of aromatic hydroxyl groups is 1. The van der Waals surface area contributed by atoms with E-state index in [1.165, 1.54) is 6.33 Å². The summed E-state index contributed by atoms with van der Waals surface area (Å²) in [5, 5.41) is 14.3. The van der Waals surface area contributed by atoms with Crippen LogP contribution in [0.5, 0.6) is 11.5 Å². The van der Waals surface area contributed by atoms with Crippen LogP contribution in [0.2, 0.25) is 0 Å². The van der Waals surface area contributed by atoms with Gasteiger partial charge < -0.3 is 19.9 Å². The molecule has 0 atom stereocenters. The summed E-state index contributed by atoms with van der Waals surface area (Å²) in [4.78, 5) is 19.9. The number of rotatable bonds is 11. The molecule has 0 fully saturated rings. The van der Waals surface area contributed by atoms with Crippen LogP contribution in [0.1, 0.15) is 44.6 Å². The van der Waals surface area contributed by atoms with E-state index in [0.29, 0.717) is 36.7 Å². The minimum atomic E-state index is -0.150. The molecule has 2 N–H and O–H groups in total. The highest BCUT2D eigenvalue weighted by Crippen LogP contribution is 2.34. The van der Waals surface area contributed by atoms with Crippen molar-refractivity contribution in [2.75, 3.05) is 18.5 Å². The second-order valence-electron chi connectivity index (χ2n) is 7.23. The molecule has 166 valence electrons. The molecule has 1 aromatic heterocycles. The third-order valence-electron chi connectivity index (χ3n) is 4.85. The molecular formula is C25H27N3O4. The highest BCUT2D eigenvalue weighted by Gasteiger charge is 2.11. The molecule has 2 aromatic carbocycles. The van der Waals surface area contributed by atoms with Gasteiger partial charge in [0, 0.05) is 29.1 Å². The van der Waals surface area contributed by atoms with Crippen LogP contribution in [0.3, 0.4) is 0 Å². The second-order valence-corrected chi connectivity index (χ2v) is 7.23. The Balaban J connectivity index is 1.60. The van der Waals surface area contributed by atoms with Crippen molar-refractivity contribution in [1.82, 2.24) is 9.97 Å². The number of hydrogen-bond donors (Lipinski definition) is 2. The molecule has 1 heterocycles. The fraction of sp³-hybridized carbons (Fsp3) is 0.320. The minimum Gasteiger partial charge on any atom is -0.504 e. The Kier molecular flexibility index (Phi) is 8.27. The van der Waals surface area contributed by atoms with Crippen molar-refractivity contribution in [2.45, 2.75) is 39.0 Å². The van der Waals surface area contributed by atoms with Crippen LogP contribution < -0.4 is 10.1 Å². The van der Waals surface area contributed by atoms with Crippen LogP contribution in [-0.4, -0.2) is 34.3 Å². The Morgan fingerprint density at radius 3 is 2.81 bits per heavy atom. The maximum Gasteiger partial charge on any atom is 0.305 e. The molecule has 3 aromatic rings. The molecule has 0 unspecified atom stereocenters. The van der Waals surface area contributed by atoms with E-state index in [1.807, 2.05) is 24.3 Å². The third-order valence-corrected chi connectivity index (χ3v) is 4.85. The molecule has 0 aliphatic carbocycles. The normalized spacial score (nSPS) is 10.5. The minimum absolute atomic E-state index is 0.0267. The summed E-state index contributed by atoms with van der Waals surface area (Å²) < 4.78 is 10.7. The molecular weight excluding hydrogens is 406 g/mol. The van der Waals surface area contributed by atoms with Crippen molar-refractivity contribution in [1.29, 1.82) is 0 Å². The molecule has 0 saturated carbocycles. The number of esters is 1. The SMILES string of the molecule is C#Cc1cccc(Nc2ncnc3cc(O)c(OCCCCCCC(=O)OCC)cc23)c1. The van der Waals surface area contributed by atoms with E-state index in [1.54, 1.807) is 19.1 Å². The fourth-order valence-electron chi connectivity index (χ4n) is 3.25. The van der Waals surface area contributed by atoms with E-state index in [-0.39, 0.29) is 11.7 Å². The molecule has 3 rings (SSSR count). The topological polar surface area (TPSA) is 93.6 Å². The Bertz CT molecular complexity index is 1110. The van der Waals surface area contributed by atoms with Crippen molar-refractivity contribution in [3.8, 4) is 23.8 Å². The summed E-state index contributed by atoms with van der Waals surface area (Å²) in [6, 6.07) is 10.8. The molecule has 0 spiro atoms. The van der Waals surface area contributed by atoms with Crippen molar-refractivity contribution in [3.63, 3.8) is 0 Å². The smallest absolute Gasteiger partial charge is 0.305 e. The van der Waals surface area contributed by atoms with Crippen LogP contribution >= 0.6 is 0 Å². The summed E-state index contributed by atoms with van der Waals surface area (Å²) >= 11 is 0. The van der Waals surface area contributed by atoms with E-state index in [9.17, 15) is 9.90 Å². The summed E-state index contributed by atoms with van der Waals surface area (Å²) in [6.07, 6.45) is 10.8. The number of nitrogens with zero attached hydrogens (tertiary/aromatic N) is 2. The number of hydrogen-bond acceptors (Lipinski definition) is 7. The van der Waals surface area contributed by atoms with Crippen LogP contribution in [0, 0.1) is 12.3 Å². The molecule has 0 aliphatic rings. The van der Waals surface area contributed by atoms with Gasteiger partial charge in [-0.15, -0.1) is 6.42 Å². The van der Waals surface area contributed by atoms with Crippen molar-refractivity contribution < 1.29 is 19.4 Å². The lowest BCUT2D eigenvalue weighted by molar-refractivity contribution is -0.143. The number of terminal acetylenes is 1. The number of aromatic nitrogens is 2. The number of phenolic OH excluding ortho intramolecular Hbond substituents is 1. The zero-order valence-corrected chi connectivity index (χ0v) is 18.1. The number of anilines is 2. The number of unbranched alkanes of at least 4 members (excludes halogenated alkanes) is 3. The summed E-state index contributed by atoms with van der Waals surface area (Å²) in [5.41, 5.74) is 2.16. The number of fused-ring (bicyclic) bond motifs is 1. The average Bonchev–Trinajstić information content (AvgIpc) is 2.79. The lowest BCUT2D eigenvalue weighted by atomic mass is 10.1. The second kappa shape index (κ2) is 11.6. The van der Waals surface area contributed by atoms with Gasteiger partial charge in [-0.2, -0.15) is 0 Å². The van der Waals surface area contributed by atoms with Gasteiger partial charge in [0.05, 0.1) is 18.7 Å². The summed E-state index contributed by atoms with van der Waals surface area (Å²) in [5.74, 6) is 3.45. The number of nitrogens with one attached hydrogen (secondary N) is 1. The molecule has 32 heavy (non-hydrogen) atoms. The number of benzene rings is 2. The van der Waals surface area contributed by atoms with Crippen molar-refractivity contribution in [3.05, 3.63) is 48.3 Å². The highest BCUT2D eigenvalue weighted by molar-refractivity contribution is 5.93. The highest BCUT2D eigenvalue weighted by atomic mass is 16.5. The molecule has 0 radical (unpaired) electrons. The lowest BCUT2D eigenvalue weighted by Crippen LogP contribution is -2.03. The Morgan fingerprint density at radius 2 is 2.00 bits per heavy atom. The van der Waals surface area contributed by atoms with Gasteiger partial charge in [0.2, 0.25) is 0 Å². The summed E-state index contributed by atoms with van der Waals surface area (Å²) in [7, 11) is 0. The molecule has 0 aliphatic heterocycles. The van der Waals surface area contributed by atoms with E-state index in [4.69, 9.17) is 15.9 Å². The largest absolute Gasteiger partial charge is 0.504 e. The van der Waals surface area contributed by atoms with Crippen LogP contribution in [0.15, 0.2) is 42.7 Å². The van der Waals surface area contributed by atoms with Gasteiger partial charge in [-0.25, -0.2) is 9.97 Å². The van der Waals surface area contributed by atoms with E-state index >= 15 is 0 Å². The quantitative estimate of drug-likeness (QED) is 0.251. The Labute approximate surface area is 187 Å². The molecule has 0 amide bonds. The maximum absolute atomic E-state index is 11.3. The lowest BCUT2D eigenvalue weighted by Gasteiger charge is -2.12. The van der Waals surface area contributed by atoms with Gasteiger partial charge in [0.1, 0.15) is 12.1 Å². The number of carbonyl (C=O) groups is 1. The van der Waals surface area contributed by atoms with Crippen molar-refractivity contribution in [2.24, 2.45) is 0 Å². The Morgan fingerprint density at radius 1 is 1.16 bits per heavy atom. The molecule has 0 bridgehead atoms. The molecule has 0 saturated heterocycles. The first kappa shape index (κ1) is 22.9. The van der Waals surface area contributed by atoms with E-state index in [0.717, 1.165) is 42.3 Å². The standard InChI is InChI=1S/C25H27N3O4/c1-3-18-10-9-11-19(14-18)28-25-20-15-23(22(29)16-21(20)26-17-27-25)32-13-8-6-5-7-12-24(30)31-4-2/h1,9-11,14-17,29H,4-8,12-13H2,2H3,(H,26,27,28). The van der Waals surface area contributed by atoms with Gasteiger partial charge in [-0.3, -0.25) is 4.79 Å². The Hall–Kier alpha value is -3.79. The molecule has 7 heteroatoms.